The molecule has 3 rings (SSSR count). The molecule has 1 N–H and O–H groups in total. The molecule has 0 saturated heterocycles. The zero-order chi connectivity index (χ0) is 21.0. The van der Waals surface area contributed by atoms with Crippen molar-refractivity contribution in [2.45, 2.75) is 26.9 Å². The molecule has 150 valence electrons. The number of anilines is 2. The van der Waals surface area contributed by atoms with E-state index in [0.29, 0.717) is 27.2 Å². The fourth-order valence-corrected chi connectivity index (χ4v) is 2.90. The van der Waals surface area contributed by atoms with Gasteiger partial charge in [-0.15, -0.1) is 0 Å². The Morgan fingerprint density at radius 1 is 1.10 bits per heavy atom. The molecule has 0 spiro atoms. The highest BCUT2D eigenvalue weighted by atomic mass is 35.5. The SMILES string of the molecule is CCOC(=O)c1cnc2ccc(C(=O)OC(C)C)cc2c1Nc1ccc(Cl)cc1. The predicted molar refractivity (Wildman–Crippen MR) is 113 cm³/mol. The average molecular weight is 413 g/mol. The van der Waals surface area contributed by atoms with Crippen molar-refractivity contribution in [2.75, 3.05) is 11.9 Å². The highest BCUT2D eigenvalue weighted by Crippen LogP contribution is 2.31. The van der Waals surface area contributed by atoms with Crippen molar-refractivity contribution in [1.29, 1.82) is 0 Å². The van der Waals surface area contributed by atoms with E-state index in [1.807, 2.05) is 0 Å². The van der Waals surface area contributed by atoms with Gasteiger partial charge in [-0.05, 0) is 63.2 Å². The maximum Gasteiger partial charge on any atom is 0.341 e. The molecule has 0 atom stereocenters. The average Bonchev–Trinajstić information content (AvgIpc) is 2.69. The van der Waals surface area contributed by atoms with Crippen molar-refractivity contribution in [3.63, 3.8) is 0 Å². The smallest absolute Gasteiger partial charge is 0.341 e. The molecular weight excluding hydrogens is 392 g/mol. The van der Waals surface area contributed by atoms with Crippen LogP contribution in [0.1, 0.15) is 41.5 Å². The third-order valence-corrected chi connectivity index (χ3v) is 4.31. The summed E-state index contributed by atoms with van der Waals surface area (Å²) < 4.78 is 10.5. The molecule has 0 fully saturated rings. The van der Waals surface area contributed by atoms with Crippen molar-refractivity contribution >= 4 is 45.8 Å². The summed E-state index contributed by atoms with van der Waals surface area (Å²) >= 11 is 5.97. The summed E-state index contributed by atoms with van der Waals surface area (Å²) in [6.07, 6.45) is 1.22. The second-order valence-electron chi connectivity index (χ2n) is 6.59. The van der Waals surface area contributed by atoms with Gasteiger partial charge in [-0.1, -0.05) is 11.6 Å². The van der Waals surface area contributed by atoms with Crippen molar-refractivity contribution < 1.29 is 19.1 Å². The lowest BCUT2D eigenvalue weighted by molar-refractivity contribution is 0.0377. The Bertz CT molecular complexity index is 1050. The molecule has 1 aromatic heterocycles. The van der Waals surface area contributed by atoms with E-state index in [9.17, 15) is 9.59 Å². The lowest BCUT2D eigenvalue weighted by Gasteiger charge is -2.15. The molecule has 0 bridgehead atoms. The summed E-state index contributed by atoms with van der Waals surface area (Å²) in [6.45, 7) is 5.54. The van der Waals surface area contributed by atoms with E-state index in [2.05, 4.69) is 10.3 Å². The Hall–Kier alpha value is -3.12. The van der Waals surface area contributed by atoms with Crippen LogP contribution in [-0.2, 0) is 9.47 Å². The Labute approximate surface area is 173 Å². The van der Waals surface area contributed by atoms with Gasteiger partial charge in [0.25, 0.3) is 0 Å². The fraction of sp³-hybridized carbons (Fsp3) is 0.227. The minimum atomic E-state index is -0.506. The number of carbonyl (C=O) groups excluding carboxylic acids is 2. The summed E-state index contributed by atoms with van der Waals surface area (Å²) in [5.74, 6) is -0.950. The van der Waals surface area contributed by atoms with Crippen LogP contribution in [0.15, 0.2) is 48.7 Å². The van der Waals surface area contributed by atoms with Crippen LogP contribution >= 0.6 is 11.6 Å². The number of rotatable bonds is 6. The molecule has 0 unspecified atom stereocenters. The van der Waals surface area contributed by atoms with Crippen LogP contribution in [0.25, 0.3) is 10.9 Å². The normalized spacial score (nSPS) is 10.8. The summed E-state index contributed by atoms with van der Waals surface area (Å²) in [5.41, 5.74) is 2.48. The number of ether oxygens (including phenoxy) is 2. The maximum atomic E-state index is 12.5. The van der Waals surface area contributed by atoms with Crippen molar-refractivity contribution in [3.8, 4) is 0 Å². The number of carbonyl (C=O) groups is 2. The number of esters is 2. The minimum absolute atomic E-state index is 0.234. The topological polar surface area (TPSA) is 77.5 Å². The van der Waals surface area contributed by atoms with Crippen LogP contribution in [0.5, 0.6) is 0 Å². The molecule has 0 saturated carbocycles. The van der Waals surface area contributed by atoms with E-state index in [4.69, 9.17) is 21.1 Å². The molecule has 0 radical (unpaired) electrons. The van der Waals surface area contributed by atoms with Crippen LogP contribution in [0.4, 0.5) is 11.4 Å². The molecule has 0 aliphatic carbocycles. The summed E-state index contributed by atoms with van der Waals surface area (Å²) in [6, 6.07) is 12.1. The quantitative estimate of drug-likeness (QED) is 0.548. The minimum Gasteiger partial charge on any atom is -0.462 e. The van der Waals surface area contributed by atoms with Gasteiger partial charge in [-0.2, -0.15) is 0 Å². The monoisotopic (exact) mass is 412 g/mol. The van der Waals surface area contributed by atoms with Gasteiger partial charge in [0.1, 0.15) is 5.56 Å². The highest BCUT2D eigenvalue weighted by molar-refractivity contribution is 6.30. The second kappa shape index (κ2) is 8.92. The number of nitrogens with zero attached hydrogens (tertiary/aromatic N) is 1. The van der Waals surface area contributed by atoms with Gasteiger partial charge in [-0.25, -0.2) is 9.59 Å². The zero-order valence-electron chi connectivity index (χ0n) is 16.4. The second-order valence-corrected chi connectivity index (χ2v) is 7.02. The van der Waals surface area contributed by atoms with E-state index in [-0.39, 0.29) is 18.3 Å². The maximum absolute atomic E-state index is 12.5. The first-order chi connectivity index (χ1) is 13.9. The predicted octanol–water partition coefficient (Wildman–Crippen LogP) is 5.37. The molecule has 7 heteroatoms. The summed E-state index contributed by atoms with van der Waals surface area (Å²) in [5, 5.41) is 4.43. The summed E-state index contributed by atoms with van der Waals surface area (Å²) in [7, 11) is 0. The number of aromatic nitrogens is 1. The van der Waals surface area contributed by atoms with E-state index in [1.165, 1.54) is 6.20 Å². The summed E-state index contributed by atoms with van der Waals surface area (Å²) in [4.78, 5) is 29.2. The van der Waals surface area contributed by atoms with Gasteiger partial charge in [-0.3, -0.25) is 4.98 Å². The van der Waals surface area contributed by atoms with E-state index in [0.717, 1.165) is 5.69 Å². The third kappa shape index (κ3) is 4.84. The highest BCUT2D eigenvalue weighted by Gasteiger charge is 2.19. The van der Waals surface area contributed by atoms with Crippen LogP contribution in [0, 0.1) is 0 Å². The van der Waals surface area contributed by atoms with Gasteiger partial charge in [0.05, 0.1) is 29.5 Å². The molecule has 1 heterocycles. The molecular formula is C22H21ClN2O4. The third-order valence-electron chi connectivity index (χ3n) is 4.06. The molecule has 0 aliphatic rings. The number of hydrogen-bond acceptors (Lipinski definition) is 6. The Morgan fingerprint density at radius 3 is 2.48 bits per heavy atom. The molecule has 3 aromatic rings. The lowest BCUT2D eigenvalue weighted by atomic mass is 10.1. The molecule has 29 heavy (non-hydrogen) atoms. The van der Waals surface area contributed by atoms with Gasteiger partial charge in [0.15, 0.2) is 0 Å². The number of nitrogens with one attached hydrogen (secondary N) is 1. The number of hydrogen-bond donors (Lipinski definition) is 1. The van der Waals surface area contributed by atoms with E-state index < -0.39 is 11.9 Å². The van der Waals surface area contributed by atoms with Crippen LogP contribution in [0.2, 0.25) is 5.02 Å². The first kappa shape index (κ1) is 20.6. The van der Waals surface area contributed by atoms with Crippen LogP contribution < -0.4 is 5.32 Å². The van der Waals surface area contributed by atoms with Gasteiger partial charge >= 0.3 is 11.9 Å². The molecule has 0 aliphatic heterocycles. The van der Waals surface area contributed by atoms with Gasteiger partial charge in [0.2, 0.25) is 0 Å². The van der Waals surface area contributed by atoms with Gasteiger partial charge < -0.3 is 14.8 Å². The number of halogens is 1. The zero-order valence-corrected chi connectivity index (χ0v) is 17.1. The van der Waals surface area contributed by atoms with Crippen molar-refractivity contribution in [3.05, 3.63) is 64.8 Å². The fourth-order valence-electron chi connectivity index (χ4n) is 2.78. The van der Waals surface area contributed by atoms with Crippen LogP contribution in [-0.4, -0.2) is 29.6 Å². The van der Waals surface area contributed by atoms with E-state index >= 15 is 0 Å². The van der Waals surface area contributed by atoms with E-state index in [1.54, 1.807) is 63.2 Å². The Balaban J connectivity index is 2.14. The largest absolute Gasteiger partial charge is 0.462 e. The Kier molecular flexibility index (Phi) is 6.34. The first-order valence-electron chi connectivity index (χ1n) is 9.22. The van der Waals surface area contributed by atoms with Crippen LogP contribution in [0.3, 0.4) is 0 Å². The first-order valence-corrected chi connectivity index (χ1v) is 9.60. The molecule has 6 nitrogen and oxygen atoms in total. The standard InChI is InChI=1S/C22H21ClN2O4/c1-4-28-22(27)18-12-24-19-10-5-14(21(26)29-13(2)3)11-17(19)20(18)25-16-8-6-15(23)7-9-16/h5-13H,4H2,1-3H3,(H,24,25). The number of pyridine rings is 1. The van der Waals surface area contributed by atoms with Gasteiger partial charge in [0, 0.05) is 22.3 Å². The van der Waals surface area contributed by atoms with Crippen molar-refractivity contribution in [2.24, 2.45) is 0 Å². The lowest BCUT2D eigenvalue weighted by Crippen LogP contribution is -2.12. The Morgan fingerprint density at radius 2 is 1.83 bits per heavy atom. The molecule has 2 aromatic carbocycles. The number of fused-ring (bicyclic) bond motifs is 1. The molecule has 0 amide bonds. The number of benzene rings is 2. The van der Waals surface area contributed by atoms with Crippen molar-refractivity contribution in [1.82, 2.24) is 4.98 Å².